The van der Waals surface area contributed by atoms with Gasteiger partial charge >= 0.3 is 58.2 Å². The van der Waals surface area contributed by atoms with Gasteiger partial charge in [-0.15, -0.1) is 13.1 Å². The third kappa shape index (κ3) is 39.1. The summed E-state index contributed by atoms with van der Waals surface area (Å²) in [7, 11) is 10.5. The first-order valence-electron chi connectivity index (χ1n) is 16.1. The van der Waals surface area contributed by atoms with Crippen molar-refractivity contribution in [1.29, 1.82) is 0 Å². The summed E-state index contributed by atoms with van der Waals surface area (Å²) in [4.78, 5) is 21.6. The zero-order valence-corrected chi connectivity index (χ0v) is 33.8. The molecule has 0 aromatic rings. The first-order valence-corrected chi connectivity index (χ1v) is 16.1. The van der Waals surface area contributed by atoms with E-state index in [-0.39, 0.29) is 80.5 Å². The molecule has 260 valence electrons. The number of likely N-dealkylation sites (tertiary alicyclic amines) is 3. The number of rotatable bonds is 0. The van der Waals surface area contributed by atoms with Gasteiger partial charge in [-0.2, -0.15) is 0 Å². The fraction of sp³-hybridized carbons (Fsp3) is 0.971. The Morgan fingerprint density at radius 3 is 1.02 bits per heavy atom. The smallest absolute Gasteiger partial charge is 0.660 e. The van der Waals surface area contributed by atoms with E-state index in [1.54, 1.807) is 4.90 Å². The van der Waals surface area contributed by atoms with E-state index in [9.17, 15) is 4.79 Å². The predicted octanol–water partition coefficient (Wildman–Crippen LogP) is 3.66. The number of carbonyl (C=O) groups is 1. The van der Waals surface area contributed by atoms with Crippen molar-refractivity contribution in [2.24, 2.45) is 0 Å². The van der Waals surface area contributed by atoms with Crippen LogP contribution >= 0.6 is 0 Å². The molecule has 0 aromatic heterocycles. The molecule has 5 rings (SSSR count). The predicted molar refractivity (Wildman–Crippen MR) is 191 cm³/mol. The molecule has 5 fully saturated rings. The molecule has 5 heterocycles. The van der Waals surface area contributed by atoms with E-state index in [4.69, 9.17) is 4.74 Å². The maximum Gasteiger partial charge on any atom is 1.00 e. The second-order valence-corrected chi connectivity index (χ2v) is 10.5. The number of hydrogen-bond donors (Lipinski definition) is 0. The van der Waals surface area contributed by atoms with Gasteiger partial charge < -0.3 is 34.6 Å². The van der Waals surface area contributed by atoms with Crippen LogP contribution in [0, 0.1) is 0 Å². The topological polar surface area (TPSA) is 56.6 Å². The maximum absolute atomic E-state index is 10.5. The average molecular weight is 692 g/mol. The number of nitrogens with zero attached hydrogens (tertiary/aromatic N) is 6. The van der Waals surface area contributed by atoms with Crippen molar-refractivity contribution in [3.63, 3.8) is 0 Å². The molecule has 0 spiro atoms. The van der Waals surface area contributed by atoms with Gasteiger partial charge in [-0.05, 0) is 99.6 Å². The molecular formula is C34H81N6O2Rb. The number of carbonyl (C=O) groups excluding carboxylic acids is 1. The van der Waals surface area contributed by atoms with E-state index >= 15 is 0 Å². The molecule has 0 N–H and O–H groups in total. The zero-order valence-electron chi connectivity index (χ0n) is 28.8. The van der Waals surface area contributed by atoms with E-state index in [1.807, 2.05) is 34.7 Å². The molecule has 5 saturated heterocycles. The van der Waals surface area contributed by atoms with Crippen LogP contribution < -0.4 is 58.2 Å². The van der Waals surface area contributed by atoms with Gasteiger partial charge in [0.25, 0.3) is 0 Å². The summed E-state index contributed by atoms with van der Waals surface area (Å²) in [6.45, 7) is 22.6. The third-order valence-electron chi connectivity index (χ3n) is 6.98. The van der Waals surface area contributed by atoms with Gasteiger partial charge in [0.15, 0.2) is 0 Å². The van der Waals surface area contributed by atoms with Gasteiger partial charge in [-0.1, -0.05) is 62.8 Å². The molecule has 0 atom stereocenters. The molecule has 0 saturated carbocycles. The quantitative estimate of drug-likeness (QED) is 0.387. The van der Waals surface area contributed by atoms with E-state index in [0.717, 1.165) is 71.9 Å². The largest absolute Gasteiger partial charge is 1.00 e. The third-order valence-corrected chi connectivity index (χ3v) is 6.98. The van der Waals surface area contributed by atoms with Crippen LogP contribution in [-0.4, -0.2) is 151 Å². The number of ether oxygens (including phenoxy) is 1. The van der Waals surface area contributed by atoms with Crippen molar-refractivity contribution in [2.75, 3.05) is 120 Å². The molecule has 1 amide bonds. The SMILES string of the molecule is C.C.C.CC.CC.CN1CCCC1=O.CN1CCCCC1.CN1CCCCC1.CN1CCOCC1.CN1CC[N-]CC1.[Rb+]. The Labute approximate surface area is 322 Å². The summed E-state index contributed by atoms with van der Waals surface area (Å²) in [5.74, 6) is 0.292. The van der Waals surface area contributed by atoms with Crippen LogP contribution in [0.15, 0.2) is 0 Å². The number of amides is 1. The Morgan fingerprint density at radius 2 is 0.860 bits per heavy atom. The van der Waals surface area contributed by atoms with Crippen LogP contribution in [0.25, 0.3) is 5.32 Å². The number of likely N-dealkylation sites (N-methyl/N-ethyl adjacent to an activating group) is 2. The van der Waals surface area contributed by atoms with Gasteiger partial charge in [-0.3, -0.25) is 4.79 Å². The molecule has 9 heteroatoms. The first kappa shape index (κ1) is 56.4. The second-order valence-electron chi connectivity index (χ2n) is 10.5. The molecule has 5 aliphatic rings. The molecule has 0 unspecified atom stereocenters. The zero-order chi connectivity index (χ0) is 29.7. The normalized spacial score (nSPS) is 20.2. The molecule has 0 bridgehead atoms. The van der Waals surface area contributed by atoms with Crippen molar-refractivity contribution in [2.45, 2.75) is 101 Å². The minimum absolute atomic E-state index is 0. The molecular weight excluding hydrogens is 610 g/mol. The van der Waals surface area contributed by atoms with Crippen molar-refractivity contribution in [3.05, 3.63) is 5.32 Å². The number of morpholine rings is 1. The van der Waals surface area contributed by atoms with E-state index < -0.39 is 0 Å². The summed E-state index contributed by atoms with van der Waals surface area (Å²) < 4.78 is 5.10. The van der Waals surface area contributed by atoms with E-state index in [0.29, 0.717) is 5.91 Å². The number of hydrogen-bond acceptors (Lipinski definition) is 6. The molecule has 0 aliphatic carbocycles. The summed E-state index contributed by atoms with van der Waals surface area (Å²) in [5, 5.41) is 4.19. The summed E-state index contributed by atoms with van der Waals surface area (Å²) in [6, 6.07) is 0. The molecule has 5 aliphatic heterocycles. The van der Waals surface area contributed by atoms with Crippen LogP contribution in [0.3, 0.4) is 0 Å². The molecule has 43 heavy (non-hydrogen) atoms. The van der Waals surface area contributed by atoms with Crippen LogP contribution in [0.2, 0.25) is 0 Å². The number of piperazine rings is 1. The molecule has 0 radical (unpaired) electrons. The molecule has 0 aromatic carbocycles. The van der Waals surface area contributed by atoms with Crippen LogP contribution in [0.4, 0.5) is 0 Å². The van der Waals surface area contributed by atoms with Crippen LogP contribution in [-0.2, 0) is 9.53 Å². The molecule has 8 nitrogen and oxygen atoms in total. The fourth-order valence-electron chi connectivity index (χ4n) is 4.25. The Hall–Kier alpha value is 1.04. The summed E-state index contributed by atoms with van der Waals surface area (Å²) in [5.41, 5.74) is 0. The van der Waals surface area contributed by atoms with Crippen molar-refractivity contribution < 1.29 is 67.7 Å². The van der Waals surface area contributed by atoms with E-state index in [1.165, 1.54) is 64.7 Å². The van der Waals surface area contributed by atoms with Crippen LogP contribution in [0.5, 0.6) is 0 Å². The maximum atomic E-state index is 10.5. The van der Waals surface area contributed by atoms with Crippen molar-refractivity contribution >= 4 is 5.91 Å². The van der Waals surface area contributed by atoms with E-state index in [2.05, 4.69) is 53.1 Å². The Bertz CT molecular complexity index is 431. The summed E-state index contributed by atoms with van der Waals surface area (Å²) in [6.07, 6.45) is 10.4. The minimum Gasteiger partial charge on any atom is -0.660 e. The Balaban J connectivity index is -0.0000000944. The van der Waals surface area contributed by atoms with Crippen molar-refractivity contribution in [3.8, 4) is 0 Å². The average Bonchev–Trinajstić information content (AvgIpc) is 3.36. The fourth-order valence-corrected chi connectivity index (χ4v) is 4.25. The summed E-state index contributed by atoms with van der Waals surface area (Å²) >= 11 is 0. The standard InChI is InChI=1S/2C6H13N.C5H11N2.C5H11NO.C5H9NO.2C2H6.3CH4.Rb/c2*1-7-5-3-2-4-6-7;1-7-4-2-6-3-5-7;1-6-2-4-7-5-3-6;1-6-4-2-3-5(6)7;2*1-2;;;;/h2*2-6H2,1H3;2*2-5H2,1H3;2-4H2,1H3;2*1-2H3;3*1H4;/q;;-1;;;;;;;;+1. The number of piperidine rings is 2. The Morgan fingerprint density at radius 1 is 0.512 bits per heavy atom. The minimum atomic E-state index is 0. The van der Waals surface area contributed by atoms with Gasteiger partial charge in [0.2, 0.25) is 5.91 Å². The van der Waals surface area contributed by atoms with Crippen LogP contribution in [0.1, 0.15) is 101 Å². The van der Waals surface area contributed by atoms with Gasteiger partial charge in [0.05, 0.1) is 13.2 Å². The monoisotopic (exact) mass is 691 g/mol. The van der Waals surface area contributed by atoms with Crippen molar-refractivity contribution in [1.82, 2.24) is 24.5 Å². The van der Waals surface area contributed by atoms with Gasteiger partial charge in [-0.25, -0.2) is 0 Å². The van der Waals surface area contributed by atoms with Gasteiger partial charge in [0.1, 0.15) is 0 Å². The second kappa shape index (κ2) is 43.0. The van der Waals surface area contributed by atoms with Gasteiger partial charge in [0, 0.05) is 33.1 Å². The first-order chi connectivity index (χ1) is 18.9. The Kier molecular flexibility index (Phi) is 56.4.